The van der Waals surface area contributed by atoms with E-state index in [2.05, 4.69) is 45.1 Å². The molecule has 0 saturated carbocycles. The van der Waals surface area contributed by atoms with Gasteiger partial charge in [-0.3, -0.25) is 9.59 Å². The van der Waals surface area contributed by atoms with E-state index in [0.717, 1.165) is 42.7 Å². The Balaban J connectivity index is 1.62. The summed E-state index contributed by atoms with van der Waals surface area (Å²) in [6.07, 6.45) is 2.14. The van der Waals surface area contributed by atoms with Crippen molar-refractivity contribution >= 4 is 17.5 Å². The van der Waals surface area contributed by atoms with Gasteiger partial charge in [0, 0.05) is 24.3 Å². The Hall–Kier alpha value is -2.82. The lowest BCUT2D eigenvalue weighted by atomic mass is 9.92. The number of rotatable bonds is 7. The Labute approximate surface area is 179 Å². The molecule has 1 heterocycles. The molecule has 1 aliphatic heterocycles. The minimum Gasteiger partial charge on any atom is -0.484 e. The van der Waals surface area contributed by atoms with Crippen LogP contribution in [0.2, 0.25) is 0 Å². The molecular formula is C25H32N2O3. The number of nitrogens with zero attached hydrogens (tertiary/aromatic N) is 1. The summed E-state index contributed by atoms with van der Waals surface area (Å²) < 4.78 is 5.66. The number of benzene rings is 2. The molecule has 0 spiro atoms. The number of anilines is 1. The summed E-state index contributed by atoms with van der Waals surface area (Å²) in [5, 5.41) is 3.05. The van der Waals surface area contributed by atoms with Crippen molar-refractivity contribution in [3.63, 3.8) is 0 Å². The molecule has 2 aromatic carbocycles. The predicted molar refractivity (Wildman–Crippen MR) is 120 cm³/mol. The van der Waals surface area contributed by atoms with Gasteiger partial charge in [-0.1, -0.05) is 45.9 Å². The molecule has 5 heteroatoms. The number of carbonyl (C=O) groups is 2. The molecule has 0 aromatic heterocycles. The Kier molecular flexibility index (Phi) is 7.14. The van der Waals surface area contributed by atoms with Crippen LogP contribution in [-0.4, -0.2) is 36.4 Å². The van der Waals surface area contributed by atoms with Crippen LogP contribution in [-0.2, 0) is 4.79 Å². The first-order chi connectivity index (χ1) is 14.4. The van der Waals surface area contributed by atoms with Gasteiger partial charge in [-0.2, -0.15) is 0 Å². The summed E-state index contributed by atoms with van der Waals surface area (Å²) in [5.74, 6) is 1.05. The summed E-state index contributed by atoms with van der Waals surface area (Å²) in [5.41, 5.74) is 3.79. The highest BCUT2D eigenvalue weighted by Crippen LogP contribution is 2.32. The van der Waals surface area contributed by atoms with Gasteiger partial charge in [0.25, 0.3) is 11.8 Å². The lowest BCUT2D eigenvalue weighted by Gasteiger charge is -2.20. The maximum atomic E-state index is 12.6. The SMILES string of the molecule is CC(C)c1cccc(C(C)C)c1NC(=O)COc1ccc(C(=O)N2CCCC2)cc1. The zero-order chi connectivity index (χ0) is 21.7. The Morgan fingerprint density at radius 1 is 0.933 bits per heavy atom. The number of amides is 2. The van der Waals surface area contributed by atoms with Gasteiger partial charge in [-0.15, -0.1) is 0 Å². The lowest BCUT2D eigenvalue weighted by Crippen LogP contribution is -2.27. The highest BCUT2D eigenvalue weighted by atomic mass is 16.5. The van der Waals surface area contributed by atoms with E-state index in [9.17, 15) is 9.59 Å². The van der Waals surface area contributed by atoms with Gasteiger partial charge in [-0.25, -0.2) is 0 Å². The van der Waals surface area contributed by atoms with E-state index in [1.165, 1.54) is 0 Å². The molecule has 0 unspecified atom stereocenters. The van der Waals surface area contributed by atoms with Crippen molar-refractivity contribution in [2.45, 2.75) is 52.4 Å². The Morgan fingerprint density at radius 2 is 1.50 bits per heavy atom. The van der Waals surface area contributed by atoms with Crippen LogP contribution in [0.4, 0.5) is 5.69 Å². The number of hydrogen-bond donors (Lipinski definition) is 1. The first-order valence-corrected chi connectivity index (χ1v) is 10.8. The molecule has 2 aromatic rings. The lowest BCUT2D eigenvalue weighted by molar-refractivity contribution is -0.118. The van der Waals surface area contributed by atoms with Crippen molar-refractivity contribution in [3.8, 4) is 5.75 Å². The summed E-state index contributed by atoms with van der Waals surface area (Å²) in [6, 6.07) is 13.2. The average Bonchev–Trinajstić information content (AvgIpc) is 3.27. The van der Waals surface area contributed by atoms with Crippen LogP contribution in [0, 0.1) is 0 Å². The van der Waals surface area contributed by atoms with E-state index in [1.807, 2.05) is 11.0 Å². The molecule has 0 atom stereocenters. The summed E-state index contributed by atoms with van der Waals surface area (Å²) >= 11 is 0. The highest BCUT2D eigenvalue weighted by molar-refractivity contribution is 5.95. The fourth-order valence-electron chi connectivity index (χ4n) is 3.82. The molecular weight excluding hydrogens is 376 g/mol. The predicted octanol–water partition coefficient (Wildman–Crippen LogP) is 5.19. The van der Waals surface area contributed by atoms with E-state index in [0.29, 0.717) is 23.1 Å². The molecule has 160 valence electrons. The second-order valence-corrected chi connectivity index (χ2v) is 8.48. The fourth-order valence-corrected chi connectivity index (χ4v) is 3.82. The zero-order valence-electron chi connectivity index (χ0n) is 18.4. The smallest absolute Gasteiger partial charge is 0.262 e. The van der Waals surface area contributed by atoms with Gasteiger partial charge in [0.1, 0.15) is 5.75 Å². The van der Waals surface area contributed by atoms with Crippen LogP contribution in [0.1, 0.15) is 73.9 Å². The third-order valence-corrected chi connectivity index (χ3v) is 5.50. The molecule has 0 aliphatic carbocycles. The maximum absolute atomic E-state index is 12.6. The van der Waals surface area contributed by atoms with Gasteiger partial charge in [-0.05, 0) is 60.1 Å². The van der Waals surface area contributed by atoms with E-state index in [4.69, 9.17) is 4.74 Å². The largest absolute Gasteiger partial charge is 0.484 e. The number of para-hydroxylation sites is 1. The first kappa shape index (κ1) is 21.9. The summed E-state index contributed by atoms with van der Waals surface area (Å²) in [7, 11) is 0. The van der Waals surface area contributed by atoms with E-state index < -0.39 is 0 Å². The van der Waals surface area contributed by atoms with Crippen molar-refractivity contribution in [2.24, 2.45) is 0 Å². The van der Waals surface area contributed by atoms with Crippen molar-refractivity contribution < 1.29 is 14.3 Å². The van der Waals surface area contributed by atoms with E-state index >= 15 is 0 Å². The Morgan fingerprint density at radius 3 is 2.03 bits per heavy atom. The second kappa shape index (κ2) is 9.79. The van der Waals surface area contributed by atoms with Crippen molar-refractivity contribution in [3.05, 3.63) is 59.2 Å². The average molecular weight is 409 g/mol. The molecule has 0 bridgehead atoms. The van der Waals surface area contributed by atoms with Gasteiger partial charge >= 0.3 is 0 Å². The maximum Gasteiger partial charge on any atom is 0.262 e. The molecule has 3 rings (SSSR count). The van der Waals surface area contributed by atoms with Crippen molar-refractivity contribution in [1.82, 2.24) is 4.90 Å². The highest BCUT2D eigenvalue weighted by Gasteiger charge is 2.19. The molecule has 1 N–H and O–H groups in total. The third kappa shape index (κ3) is 5.21. The molecule has 2 amide bonds. The van der Waals surface area contributed by atoms with Gasteiger partial charge in [0.2, 0.25) is 0 Å². The molecule has 1 fully saturated rings. The first-order valence-electron chi connectivity index (χ1n) is 10.8. The number of likely N-dealkylation sites (tertiary alicyclic amines) is 1. The van der Waals surface area contributed by atoms with Crippen LogP contribution in [0.25, 0.3) is 0 Å². The molecule has 30 heavy (non-hydrogen) atoms. The number of ether oxygens (including phenoxy) is 1. The van der Waals surface area contributed by atoms with Gasteiger partial charge in [0.15, 0.2) is 6.61 Å². The second-order valence-electron chi connectivity index (χ2n) is 8.48. The quantitative estimate of drug-likeness (QED) is 0.686. The van der Waals surface area contributed by atoms with Crippen molar-refractivity contribution in [2.75, 3.05) is 25.0 Å². The van der Waals surface area contributed by atoms with Crippen LogP contribution >= 0.6 is 0 Å². The van der Waals surface area contributed by atoms with Crippen LogP contribution < -0.4 is 10.1 Å². The molecule has 1 aliphatic rings. The van der Waals surface area contributed by atoms with Crippen molar-refractivity contribution in [1.29, 1.82) is 0 Å². The topological polar surface area (TPSA) is 58.6 Å². The molecule has 0 radical (unpaired) electrons. The van der Waals surface area contributed by atoms with Gasteiger partial charge < -0.3 is 15.0 Å². The summed E-state index contributed by atoms with van der Waals surface area (Å²) in [4.78, 5) is 26.9. The molecule has 5 nitrogen and oxygen atoms in total. The van der Waals surface area contributed by atoms with Crippen LogP contribution in [0.3, 0.4) is 0 Å². The third-order valence-electron chi connectivity index (χ3n) is 5.50. The number of carbonyl (C=O) groups excluding carboxylic acids is 2. The fraction of sp³-hybridized carbons (Fsp3) is 0.440. The van der Waals surface area contributed by atoms with Crippen LogP contribution in [0.15, 0.2) is 42.5 Å². The van der Waals surface area contributed by atoms with Crippen LogP contribution in [0.5, 0.6) is 5.75 Å². The minimum atomic E-state index is -0.192. The number of hydrogen-bond acceptors (Lipinski definition) is 3. The monoisotopic (exact) mass is 408 g/mol. The Bertz CT molecular complexity index is 856. The standard InChI is InChI=1S/C25H32N2O3/c1-17(2)21-8-7-9-22(18(3)4)24(21)26-23(28)16-30-20-12-10-19(11-13-20)25(29)27-14-5-6-15-27/h7-13,17-18H,5-6,14-16H2,1-4H3,(H,26,28). The number of nitrogens with one attached hydrogen (secondary N) is 1. The molecule has 1 saturated heterocycles. The van der Waals surface area contributed by atoms with E-state index in [1.54, 1.807) is 24.3 Å². The minimum absolute atomic E-state index is 0.0586. The summed E-state index contributed by atoms with van der Waals surface area (Å²) in [6.45, 7) is 10.1. The van der Waals surface area contributed by atoms with E-state index in [-0.39, 0.29) is 18.4 Å². The zero-order valence-corrected chi connectivity index (χ0v) is 18.4. The van der Waals surface area contributed by atoms with Gasteiger partial charge in [0.05, 0.1) is 0 Å². The normalized spacial score (nSPS) is 13.7.